The number of nitrogens with one attached hydrogen (secondary N) is 1. The van der Waals surface area contributed by atoms with Crippen molar-refractivity contribution in [3.05, 3.63) is 29.8 Å². The standard InChI is InChI=1S/C19H32N4O2S2/c1-16(2)17-6-8-18(9-7-17)27(24,25)23-14-12-22(13-15-23)19(26)20-10-5-11-21(3)4/h6-9,16H,5,10-15H2,1-4H3,(H,20,26). The van der Waals surface area contributed by atoms with E-state index in [1.54, 1.807) is 16.4 Å². The molecule has 0 radical (unpaired) electrons. The average molecular weight is 413 g/mol. The van der Waals surface area contributed by atoms with Crippen LogP contribution >= 0.6 is 12.2 Å². The minimum atomic E-state index is -3.45. The van der Waals surface area contributed by atoms with E-state index in [2.05, 4.69) is 29.0 Å². The third kappa shape index (κ3) is 6.14. The third-order valence-electron chi connectivity index (χ3n) is 4.77. The maximum absolute atomic E-state index is 12.9. The first-order chi connectivity index (χ1) is 12.7. The highest BCUT2D eigenvalue weighted by molar-refractivity contribution is 7.89. The zero-order valence-corrected chi connectivity index (χ0v) is 18.4. The monoisotopic (exact) mass is 412 g/mol. The normalized spacial score (nSPS) is 16.1. The number of benzene rings is 1. The lowest BCUT2D eigenvalue weighted by molar-refractivity contribution is 0.263. The van der Waals surface area contributed by atoms with Crippen LogP contribution in [0.3, 0.4) is 0 Å². The van der Waals surface area contributed by atoms with E-state index in [9.17, 15) is 8.42 Å². The topological polar surface area (TPSA) is 55.9 Å². The van der Waals surface area contributed by atoms with Gasteiger partial charge in [0, 0.05) is 32.7 Å². The lowest BCUT2D eigenvalue weighted by atomic mass is 10.0. The fourth-order valence-corrected chi connectivity index (χ4v) is 4.71. The second-order valence-corrected chi connectivity index (χ2v) is 9.83. The summed E-state index contributed by atoms with van der Waals surface area (Å²) in [5.74, 6) is 0.386. The molecule has 6 nitrogen and oxygen atoms in total. The van der Waals surface area contributed by atoms with Crippen LogP contribution in [0.4, 0.5) is 0 Å². The molecular weight excluding hydrogens is 380 g/mol. The Bertz CT molecular complexity index is 710. The van der Waals surface area contributed by atoms with Crippen LogP contribution in [0.1, 0.15) is 31.7 Å². The first kappa shape index (κ1) is 22.1. The van der Waals surface area contributed by atoms with Crippen LogP contribution in [0.2, 0.25) is 0 Å². The van der Waals surface area contributed by atoms with Gasteiger partial charge in [-0.1, -0.05) is 26.0 Å². The maximum Gasteiger partial charge on any atom is 0.243 e. The van der Waals surface area contributed by atoms with Crippen molar-refractivity contribution in [2.24, 2.45) is 0 Å². The smallest absolute Gasteiger partial charge is 0.243 e. The number of rotatable bonds is 7. The van der Waals surface area contributed by atoms with Gasteiger partial charge in [0.15, 0.2) is 5.11 Å². The molecule has 1 aromatic carbocycles. The Balaban J connectivity index is 1.87. The SMILES string of the molecule is CC(C)c1ccc(S(=O)(=O)N2CCN(C(=S)NCCCN(C)C)CC2)cc1. The van der Waals surface area contributed by atoms with Gasteiger partial charge in [0.25, 0.3) is 0 Å². The summed E-state index contributed by atoms with van der Waals surface area (Å²) >= 11 is 5.45. The summed E-state index contributed by atoms with van der Waals surface area (Å²) in [6.07, 6.45) is 1.02. The molecule has 0 atom stereocenters. The summed E-state index contributed by atoms with van der Waals surface area (Å²) in [6.45, 7) is 8.17. The highest BCUT2D eigenvalue weighted by atomic mass is 32.2. The molecular formula is C19H32N4O2S2. The summed E-state index contributed by atoms with van der Waals surface area (Å²) in [5.41, 5.74) is 1.14. The Morgan fingerprint density at radius 3 is 2.26 bits per heavy atom. The Kier molecular flexibility index (Phi) is 8.03. The summed E-state index contributed by atoms with van der Waals surface area (Å²) < 4.78 is 27.3. The summed E-state index contributed by atoms with van der Waals surface area (Å²) in [6, 6.07) is 7.24. The molecule has 0 unspecified atom stereocenters. The van der Waals surface area contributed by atoms with Crippen molar-refractivity contribution in [2.75, 3.05) is 53.4 Å². The van der Waals surface area contributed by atoms with Gasteiger partial charge in [0.1, 0.15) is 0 Å². The van der Waals surface area contributed by atoms with Gasteiger partial charge in [-0.3, -0.25) is 0 Å². The van der Waals surface area contributed by atoms with E-state index < -0.39 is 10.0 Å². The van der Waals surface area contributed by atoms with Gasteiger partial charge in [-0.25, -0.2) is 8.42 Å². The first-order valence-corrected chi connectivity index (χ1v) is 11.3. The number of nitrogens with zero attached hydrogens (tertiary/aromatic N) is 3. The van der Waals surface area contributed by atoms with Crippen molar-refractivity contribution in [3.8, 4) is 0 Å². The number of hydrogen-bond acceptors (Lipinski definition) is 4. The van der Waals surface area contributed by atoms with Gasteiger partial charge >= 0.3 is 0 Å². The second-order valence-electron chi connectivity index (χ2n) is 7.50. The van der Waals surface area contributed by atoms with Gasteiger partial charge in [-0.15, -0.1) is 0 Å². The molecule has 0 saturated carbocycles. The Labute approximate surface area is 169 Å². The summed E-state index contributed by atoms with van der Waals surface area (Å²) in [4.78, 5) is 4.56. The molecule has 1 N–H and O–H groups in total. The maximum atomic E-state index is 12.9. The van der Waals surface area contributed by atoms with Crippen LogP contribution < -0.4 is 5.32 Å². The van der Waals surface area contributed by atoms with Crippen molar-refractivity contribution in [2.45, 2.75) is 31.1 Å². The van der Waals surface area contributed by atoms with Crippen LogP contribution in [-0.2, 0) is 10.0 Å². The number of thiocarbonyl (C=S) groups is 1. The highest BCUT2D eigenvalue weighted by Crippen LogP contribution is 2.21. The van der Waals surface area contributed by atoms with Crippen LogP contribution in [-0.4, -0.2) is 81.0 Å². The molecule has 1 aromatic rings. The Morgan fingerprint density at radius 2 is 1.74 bits per heavy atom. The molecule has 0 aliphatic carbocycles. The van der Waals surface area contributed by atoms with Gasteiger partial charge in [0.2, 0.25) is 10.0 Å². The first-order valence-electron chi connectivity index (χ1n) is 9.49. The second kappa shape index (κ2) is 9.82. The minimum Gasteiger partial charge on any atom is -0.363 e. The van der Waals surface area contributed by atoms with Crippen molar-refractivity contribution in [1.29, 1.82) is 0 Å². The van der Waals surface area contributed by atoms with E-state index in [-0.39, 0.29) is 0 Å². The predicted molar refractivity (Wildman–Crippen MR) is 115 cm³/mol. The van der Waals surface area contributed by atoms with Crippen molar-refractivity contribution >= 4 is 27.4 Å². The van der Waals surface area contributed by atoms with Gasteiger partial charge in [-0.05, 0) is 62.9 Å². The van der Waals surface area contributed by atoms with Crippen LogP contribution in [0.5, 0.6) is 0 Å². The molecule has 1 fully saturated rings. The number of piperazine rings is 1. The largest absolute Gasteiger partial charge is 0.363 e. The molecule has 0 spiro atoms. The number of sulfonamides is 1. The van der Waals surface area contributed by atoms with Crippen LogP contribution in [0.15, 0.2) is 29.2 Å². The molecule has 1 saturated heterocycles. The fraction of sp³-hybridized carbons (Fsp3) is 0.632. The van der Waals surface area contributed by atoms with E-state index in [1.807, 2.05) is 26.2 Å². The zero-order chi connectivity index (χ0) is 20.0. The van der Waals surface area contributed by atoms with Gasteiger partial charge in [0.05, 0.1) is 4.90 Å². The summed E-state index contributed by atoms with van der Waals surface area (Å²) in [7, 11) is 0.653. The van der Waals surface area contributed by atoms with Gasteiger partial charge < -0.3 is 15.1 Å². The van der Waals surface area contributed by atoms with Crippen molar-refractivity contribution < 1.29 is 8.42 Å². The zero-order valence-electron chi connectivity index (χ0n) is 16.8. The lowest BCUT2D eigenvalue weighted by Gasteiger charge is -2.35. The summed E-state index contributed by atoms with van der Waals surface area (Å²) in [5, 5.41) is 3.99. The molecule has 0 amide bonds. The molecule has 0 bridgehead atoms. The number of hydrogen-bond donors (Lipinski definition) is 1. The highest BCUT2D eigenvalue weighted by Gasteiger charge is 2.29. The Hall–Kier alpha value is -1.22. The average Bonchev–Trinajstić information content (AvgIpc) is 2.65. The van der Waals surface area contributed by atoms with Crippen molar-refractivity contribution in [3.63, 3.8) is 0 Å². The quantitative estimate of drug-likeness (QED) is 0.546. The van der Waals surface area contributed by atoms with Gasteiger partial charge in [-0.2, -0.15) is 4.31 Å². The molecule has 1 aliphatic heterocycles. The molecule has 2 rings (SSSR count). The van der Waals surface area contributed by atoms with E-state index >= 15 is 0 Å². The fourth-order valence-electron chi connectivity index (χ4n) is 3.01. The Morgan fingerprint density at radius 1 is 1.15 bits per heavy atom. The van der Waals surface area contributed by atoms with E-state index in [1.165, 1.54) is 0 Å². The van der Waals surface area contributed by atoms with E-state index in [4.69, 9.17) is 12.2 Å². The van der Waals surface area contributed by atoms with E-state index in [0.29, 0.717) is 42.1 Å². The molecule has 0 aromatic heterocycles. The molecule has 1 aliphatic rings. The molecule has 8 heteroatoms. The van der Waals surface area contributed by atoms with Crippen LogP contribution in [0, 0.1) is 0 Å². The molecule has 1 heterocycles. The van der Waals surface area contributed by atoms with Crippen LogP contribution in [0.25, 0.3) is 0 Å². The predicted octanol–water partition coefficient (Wildman–Crippen LogP) is 1.94. The van der Waals surface area contributed by atoms with E-state index in [0.717, 1.165) is 25.1 Å². The molecule has 152 valence electrons. The molecule has 27 heavy (non-hydrogen) atoms. The van der Waals surface area contributed by atoms with Crippen molar-refractivity contribution in [1.82, 2.24) is 19.4 Å². The lowest BCUT2D eigenvalue weighted by Crippen LogP contribution is -2.53. The minimum absolute atomic E-state index is 0.365. The third-order valence-corrected chi connectivity index (χ3v) is 7.08.